The van der Waals surface area contributed by atoms with Gasteiger partial charge in [0.15, 0.2) is 0 Å². The van der Waals surface area contributed by atoms with Crippen molar-refractivity contribution in [1.82, 2.24) is 0 Å². The smallest absolute Gasteiger partial charge is 0.292 e. The van der Waals surface area contributed by atoms with Crippen LogP contribution in [0.2, 0.25) is 0 Å². The Kier molecular flexibility index (Phi) is 3.85. The molecule has 0 aliphatic heterocycles. The molecule has 0 amide bonds. The number of rotatable bonds is 4. The summed E-state index contributed by atoms with van der Waals surface area (Å²) in [6, 6.07) is 4.76. The molecule has 1 aromatic carbocycles. The van der Waals surface area contributed by atoms with Crippen LogP contribution in [0.1, 0.15) is 6.92 Å². The van der Waals surface area contributed by atoms with E-state index in [9.17, 15) is 10.1 Å². The van der Waals surface area contributed by atoms with E-state index in [0.717, 1.165) is 4.47 Å². The highest BCUT2D eigenvalue weighted by Crippen LogP contribution is 2.28. The molecule has 5 heteroatoms. The van der Waals surface area contributed by atoms with Gasteiger partial charge in [0, 0.05) is 16.6 Å². The summed E-state index contributed by atoms with van der Waals surface area (Å²) in [5, 5.41) is 13.7. The van der Waals surface area contributed by atoms with Gasteiger partial charge in [0.1, 0.15) is 5.69 Å². The molecule has 0 bridgehead atoms. The van der Waals surface area contributed by atoms with E-state index >= 15 is 0 Å². The van der Waals surface area contributed by atoms with Gasteiger partial charge in [-0.25, -0.2) is 0 Å². The predicted molar refractivity (Wildman–Crippen MR) is 64.1 cm³/mol. The van der Waals surface area contributed by atoms with Crippen molar-refractivity contribution in [3.8, 4) is 0 Å². The second kappa shape index (κ2) is 4.93. The number of halogens is 1. The predicted octanol–water partition coefficient (Wildman–Crippen LogP) is 3.34. The summed E-state index contributed by atoms with van der Waals surface area (Å²) < 4.78 is 0.798. The molecule has 0 heterocycles. The van der Waals surface area contributed by atoms with Crippen LogP contribution < -0.4 is 5.32 Å². The second-order valence-electron chi connectivity index (χ2n) is 3.09. The summed E-state index contributed by atoms with van der Waals surface area (Å²) in [6.45, 7) is 5.48. The summed E-state index contributed by atoms with van der Waals surface area (Å²) in [5.41, 5.74) is 0.550. The molecule has 1 aromatic rings. The van der Waals surface area contributed by atoms with Crippen LogP contribution in [-0.2, 0) is 0 Å². The van der Waals surface area contributed by atoms with Crippen LogP contribution in [0.5, 0.6) is 0 Å². The fraction of sp³-hybridized carbons (Fsp3) is 0.200. The first-order valence-corrected chi connectivity index (χ1v) is 5.17. The van der Waals surface area contributed by atoms with Gasteiger partial charge in [0.05, 0.1) is 4.92 Å². The lowest BCUT2D eigenvalue weighted by atomic mass is 10.2. The second-order valence-corrected chi connectivity index (χ2v) is 4.00. The lowest BCUT2D eigenvalue weighted by Crippen LogP contribution is -2.12. The highest BCUT2D eigenvalue weighted by Gasteiger charge is 2.14. The summed E-state index contributed by atoms with van der Waals surface area (Å²) in [5.74, 6) is 0. The van der Waals surface area contributed by atoms with Gasteiger partial charge in [-0.2, -0.15) is 0 Å². The highest BCUT2D eigenvalue weighted by molar-refractivity contribution is 9.10. The van der Waals surface area contributed by atoms with Crippen LogP contribution >= 0.6 is 15.9 Å². The third-order valence-electron chi connectivity index (χ3n) is 1.89. The molecule has 0 saturated carbocycles. The van der Waals surface area contributed by atoms with Crippen LogP contribution in [0.4, 0.5) is 11.4 Å². The maximum Gasteiger partial charge on any atom is 0.292 e. The number of nitrogens with zero attached hydrogens (tertiary/aromatic N) is 1. The zero-order chi connectivity index (χ0) is 11.4. The Labute approximate surface area is 96.3 Å². The molecular formula is C10H11BrN2O2. The molecule has 0 spiro atoms. The molecule has 0 aliphatic carbocycles. The molecule has 4 nitrogen and oxygen atoms in total. The minimum Gasteiger partial charge on any atom is -0.374 e. The number of nitro benzene ring substituents is 1. The molecule has 1 rings (SSSR count). The SMILES string of the molecule is C=CC(C)Nc1cc(Br)ccc1[N+](=O)[O-]. The molecule has 0 radical (unpaired) electrons. The monoisotopic (exact) mass is 270 g/mol. The first kappa shape index (κ1) is 11.7. The van der Waals surface area contributed by atoms with Crippen LogP contribution in [0.25, 0.3) is 0 Å². The van der Waals surface area contributed by atoms with Crippen LogP contribution in [0.15, 0.2) is 35.3 Å². The van der Waals surface area contributed by atoms with Gasteiger partial charge < -0.3 is 5.32 Å². The van der Waals surface area contributed by atoms with E-state index < -0.39 is 4.92 Å². The van der Waals surface area contributed by atoms with Crippen molar-refractivity contribution in [3.63, 3.8) is 0 Å². The highest BCUT2D eigenvalue weighted by atomic mass is 79.9. The Morgan fingerprint density at radius 1 is 1.67 bits per heavy atom. The third-order valence-corrected chi connectivity index (χ3v) is 2.39. The van der Waals surface area contributed by atoms with Crippen molar-refractivity contribution in [2.45, 2.75) is 13.0 Å². The Balaban J connectivity index is 3.07. The topological polar surface area (TPSA) is 55.2 Å². The average molecular weight is 271 g/mol. The van der Waals surface area contributed by atoms with Crippen molar-refractivity contribution >= 4 is 27.3 Å². The molecule has 15 heavy (non-hydrogen) atoms. The molecule has 0 aliphatic rings. The van der Waals surface area contributed by atoms with Crippen molar-refractivity contribution in [1.29, 1.82) is 0 Å². The normalized spacial score (nSPS) is 11.9. The van der Waals surface area contributed by atoms with Gasteiger partial charge in [0.25, 0.3) is 5.69 Å². The lowest BCUT2D eigenvalue weighted by molar-refractivity contribution is -0.384. The molecular weight excluding hydrogens is 260 g/mol. The van der Waals surface area contributed by atoms with Gasteiger partial charge in [-0.15, -0.1) is 6.58 Å². The van der Waals surface area contributed by atoms with E-state index in [1.165, 1.54) is 6.07 Å². The molecule has 0 saturated heterocycles. The van der Waals surface area contributed by atoms with Crippen LogP contribution in [0.3, 0.4) is 0 Å². The first-order chi connectivity index (χ1) is 7.04. The number of hydrogen-bond donors (Lipinski definition) is 1. The summed E-state index contributed by atoms with van der Waals surface area (Å²) in [4.78, 5) is 10.3. The molecule has 1 atom stereocenters. The fourth-order valence-electron chi connectivity index (χ4n) is 1.09. The van der Waals surface area contributed by atoms with Gasteiger partial charge in [-0.05, 0) is 19.1 Å². The van der Waals surface area contributed by atoms with E-state index in [2.05, 4.69) is 27.8 Å². The number of hydrogen-bond acceptors (Lipinski definition) is 3. The van der Waals surface area contributed by atoms with E-state index in [0.29, 0.717) is 5.69 Å². The Hall–Kier alpha value is -1.36. The molecule has 0 fully saturated rings. The number of nitro groups is 1. The third kappa shape index (κ3) is 3.06. The summed E-state index contributed by atoms with van der Waals surface area (Å²) in [7, 11) is 0. The zero-order valence-corrected chi connectivity index (χ0v) is 9.82. The van der Waals surface area contributed by atoms with Crippen molar-refractivity contribution in [3.05, 3.63) is 45.4 Å². The minimum atomic E-state index is -0.412. The van der Waals surface area contributed by atoms with Gasteiger partial charge in [-0.1, -0.05) is 22.0 Å². The zero-order valence-electron chi connectivity index (χ0n) is 8.24. The van der Waals surface area contributed by atoms with Crippen LogP contribution in [0, 0.1) is 10.1 Å². The van der Waals surface area contributed by atoms with Crippen molar-refractivity contribution < 1.29 is 4.92 Å². The quantitative estimate of drug-likeness (QED) is 0.519. The maximum atomic E-state index is 10.7. The Morgan fingerprint density at radius 3 is 2.87 bits per heavy atom. The molecule has 80 valence electrons. The van der Waals surface area contributed by atoms with E-state index in [1.807, 2.05) is 6.92 Å². The maximum absolute atomic E-state index is 10.7. The Morgan fingerprint density at radius 2 is 2.33 bits per heavy atom. The summed E-state index contributed by atoms with van der Waals surface area (Å²) in [6.07, 6.45) is 1.69. The lowest BCUT2D eigenvalue weighted by Gasteiger charge is -2.11. The Bertz CT molecular complexity index is 393. The van der Waals surface area contributed by atoms with Crippen molar-refractivity contribution in [2.24, 2.45) is 0 Å². The molecule has 1 N–H and O–H groups in total. The number of anilines is 1. The summed E-state index contributed by atoms with van der Waals surface area (Å²) >= 11 is 3.27. The number of nitrogens with one attached hydrogen (secondary N) is 1. The van der Waals surface area contributed by atoms with Crippen LogP contribution in [-0.4, -0.2) is 11.0 Å². The fourth-order valence-corrected chi connectivity index (χ4v) is 1.45. The largest absolute Gasteiger partial charge is 0.374 e. The number of benzene rings is 1. The first-order valence-electron chi connectivity index (χ1n) is 4.37. The standard InChI is InChI=1S/C10H11BrN2O2/c1-3-7(2)12-9-6-8(11)4-5-10(9)13(14)15/h3-7,12H,1H2,2H3. The molecule has 0 aromatic heterocycles. The molecule has 1 unspecified atom stereocenters. The van der Waals surface area contributed by atoms with E-state index in [4.69, 9.17) is 0 Å². The van der Waals surface area contributed by atoms with E-state index in [1.54, 1.807) is 18.2 Å². The van der Waals surface area contributed by atoms with Gasteiger partial charge in [-0.3, -0.25) is 10.1 Å². The minimum absolute atomic E-state index is 0.0157. The van der Waals surface area contributed by atoms with Crippen molar-refractivity contribution in [2.75, 3.05) is 5.32 Å². The van der Waals surface area contributed by atoms with Gasteiger partial charge >= 0.3 is 0 Å². The van der Waals surface area contributed by atoms with E-state index in [-0.39, 0.29) is 11.7 Å². The average Bonchev–Trinajstić information content (AvgIpc) is 2.17. The van der Waals surface area contributed by atoms with Gasteiger partial charge in [0.2, 0.25) is 0 Å².